The van der Waals surface area contributed by atoms with E-state index in [4.69, 9.17) is 11.6 Å². The Kier molecular flexibility index (Phi) is 4.34. The van der Waals surface area contributed by atoms with Crippen LogP contribution in [-0.4, -0.2) is 19.9 Å². The Balaban J connectivity index is 2.02. The lowest BCUT2D eigenvalue weighted by atomic mass is 10.3. The van der Waals surface area contributed by atoms with Gasteiger partial charge in [-0.1, -0.05) is 17.7 Å². The van der Waals surface area contributed by atoms with E-state index < -0.39 is 10.0 Å². The monoisotopic (exact) mass is 302 g/mol. The molecule has 0 aromatic carbocycles. The van der Waals surface area contributed by atoms with Gasteiger partial charge in [-0.3, -0.25) is 0 Å². The summed E-state index contributed by atoms with van der Waals surface area (Å²) in [5.74, 6) is 0. The van der Waals surface area contributed by atoms with Gasteiger partial charge in [-0.15, -0.1) is 11.3 Å². The van der Waals surface area contributed by atoms with Crippen molar-refractivity contribution in [2.75, 3.05) is 6.54 Å². The molecule has 0 aliphatic carbocycles. The second-order valence-electron chi connectivity index (χ2n) is 3.52. The zero-order chi connectivity index (χ0) is 13.0. The Morgan fingerprint density at radius 1 is 1.33 bits per heavy atom. The molecule has 18 heavy (non-hydrogen) atoms. The minimum atomic E-state index is -3.58. The molecule has 1 N–H and O–H groups in total. The Labute approximate surface area is 115 Å². The lowest BCUT2D eigenvalue weighted by Crippen LogP contribution is -2.26. The maximum Gasteiger partial charge on any atom is 0.243 e. The number of hydrogen-bond donors (Lipinski definition) is 1. The van der Waals surface area contributed by atoms with Gasteiger partial charge in [-0.25, -0.2) is 18.1 Å². The third-order valence-electron chi connectivity index (χ3n) is 2.26. The first-order chi connectivity index (χ1) is 8.59. The third-order valence-corrected chi connectivity index (χ3v) is 5.10. The number of sulfonamides is 1. The van der Waals surface area contributed by atoms with Crippen molar-refractivity contribution < 1.29 is 8.42 Å². The maximum absolute atomic E-state index is 11.9. The molecule has 0 atom stereocenters. The Morgan fingerprint density at radius 2 is 2.17 bits per heavy atom. The van der Waals surface area contributed by atoms with Gasteiger partial charge >= 0.3 is 0 Å². The lowest BCUT2D eigenvalue weighted by Gasteiger charge is -2.06. The number of nitrogens with one attached hydrogen (secondary N) is 1. The molecule has 2 heterocycles. The van der Waals surface area contributed by atoms with E-state index >= 15 is 0 Å². The highest BCUT2D eigenvalue weighted by atomic mass is 35.5. The van der Waals surface area contributed by atoms with Crippen LogP contribution in [0.15, 0.2) is 40.7 Å². The van der Waals surface area contributed by atoms with Crippen molar-refractivity contribution in [3.63, 3.8) is 0 Å². The fourth-order valence-electron chi connectivity index (χ4n) is 1.41. The van der Waals surface area contributed by atoms with Gasteiger partial charge in [0, 0.05) is 17.6 Å². The molecule has 4 nitrogen and oxygen atoms in total. The predicted octanol–water partition coefficient (Wildman–Crippen LogP) is 2.32. The maximum atomic E-state index is 11.9. The normalized spacial score (nSPS) is 11.6. The molecule has 0 spiro atoms. The highest BCUT2D eigenvalue weighted by Gasteiger charge is 2.17. The number of thiophene rings is 1. The van der Waals surface area contributed by atoms with E-state index in [1.165, 1.54) is 12.3 Å². The van der Waals surface area contributed by atoms with Gasteiger partial charge in [-0.2, -0.15) is 0 Å². The fraction of sp³-hybridized carbons (Fsp3) is 0.182. The van der Waals surface area contributed by atoms with Crippen LogP contribution in [0.25, 0.3) is 0 Å². The van der Waals surface area contributed by atoms with E-state index in [2.05, 4.69) is 9.71 Å². The fourth-order valence-corrected chi connectivity index (χ4v) is 3.60. The summed E-state index contributed by atoms with van der Waals surface area (Å²) in [5.41, 5.74) is 0. The van der Waals surface area contributed by atoms with Gasteiger partial charge in [-0.05, 0) is 30.0 Å². The molecule has 0 aliphatic heterocycles. The Bertz CT molecular complexity index is 612. The first kappa shape index (κ1) is 13.5. The Morgan fingerprint density at radius 3 is 2.83 bits per heavy atom. The van der Waals surface area contributed by atoms with Gasteiger partial charge < -0.3 is 0 Å². The van der Waals surface area contributed by atoms with E-state index in [0.717, 1.165) is 4.88 Å². The van der Waals surface area contributed by atoms with Crippen molar-refractivity contribution in [3.8, 4) is 0 Å². The molecular formula is C11H11ClN2O2S2. The van der Waals surface area contributed by atoms with E-state index in [1.807, 2.05) is 17.5 Å². The van der Waals surface area contributed by atoms with Crippen LogP contribution < -0.4 is 4.72 Å². The zero-order valence-electron chi connectivity index (χ0n) is 9.34. The summed E-state index contributed by atoms with van der Waals surface area (Å²) < 4.78 is 26.4. The van der Waals surface area contributed by atoms with Crippen LogP contribution in [0.2, 0.25) is 5.15 Å². The molecule has 0 bridgehead atoms. The Hall–Kier alpha value is -0.950. The highest BCUT2D eigenvalue weighted by molar-refractivity contribution is 7.89. The average Bonchev–Trinajstić information content (AvgIpc) is 2.82. The lowest BCUT2D eigenvalue weighted by molar-refractivity contribution is 0.581. The van der Waals surface area contributed by atoms with Gasteiger partial charge in [0.2, 0.25) is 10.0 Å². The quantitative estimate of drug-likeness (QED) is 0.862. The zero-order valence-corrected chi connectivity index (χ0v) is 11.7. The van der Waals surface area contributed by atoms with Gasteiger partial charge in [0.15, 0.2) is 0 Å². The molecule has 0 saturated carbocycles. The topological polar surface area (TPSA) is 59.1 Å². The molecule has 0 saturated heterocycles. The molecule has 2 rings (SSSR count). The van der Waals surface area contributed by atoms with Crippen molar-refractivity contribution in [1.82, 2.24) is 9.71 Å². The molecule has 0 radical (unpaired) electrons. The van der Waals surface area contributed by atoms with Gasteiger partial charge in [0.1, 0.15) is 10.0 Å². The summed E-state index contributed by atoms with van der Waals surface area (Å²) in [7, 11) is -3.58. The van der Waals surface area contributed by atoms with Crippen LogP contribution in [0.4, 0.5) is 0 Å². The van der Waals surface area contributed by atoms with Crippen LogP contribution in [-0.2, 0) is 16.4 Å². The van der Waals surface area contributed by atoms with Crippen molar-refractivity contribution in [2.24, 2.45) is 0 Å². The minimum absolute atomic E-state index is 0.0119. The molecule has 0 unspecified atom stereocenters. The van der Waals surface area contributed by atoms with Crippen LogP contribution in [0.5, 0.6) is 0 Å². The second-order valence-corrected chi connectivity index (χ2v) is 6.65. The number of pyridine rings is 1. The summed E-state index contributed by atoms with van der Waals surface area (Å²) in [4.78, 5) is 4.90. The molecular weight excluding hydrogens is 292 g/mol. The van der Waals surface area contributed by atoms with E-state index in [-0.39, 0.29) is 10.0 Å². The van der Waals surface area contributed by atoms with E-state index in [1.54, 1.807) is 17.4 Å². The van der Waals surface area contributed by atoms with Crippen LogP contribution in [0.1, 0.15) is 4.88 Å². The number of nitrogens with zero attached hydrogens (tertiary/aromatic N) is 1. The summed E-state index contributed by atoms with van der Waals surface area (Å²) in [6.07, 6.45) is 2.11. The summed E-state index contributed by atoms with van der Waals surface area (Å²) in [6, 6.07) is 6.88. The number of hydrogen-bond acceptors (Lipinski definition) is 4. The molecule has 0 aliphatic rings. The van der Waals surface area contributed by atoms with Crippen molar-refractivity contribution in [2.45, 2.75) is 11.3 Å². The van der Waals surface area contributed by atoms with Crippen LogP contribution in [0, 0.1) is 0 Å². The average molecular weight is 303 g/mol. The first-order valence-corrected chi connectivity index (χ1v) is 7.96. The second kappa shape index (κ2) is 5.79. The standard InChI is InChI=1S/C11H11ClN2O2S2/c12-11-10(4-1-6-13-11)18(15,16)14-7-5-9-3-2-8-17-9/h1-4,6,8,14H,5,7H2. The number of aromatic nitrogens is 1. The van der Waals surface area contributed by atoms with E-state index in [9.17, 15) is 8.42 Å². The predicted molar refractivity (Wildman–Crippen MR) is 72.5 cm³/mol. The largest absolute Gasteiger partial charge is 0.243 e. The summed E-state index contributed by atoms with van der Waals surface area (Å²) >= 11 is 7.36. The van der Waals surface area contributed by atoms with Crippen LogP contribution in [0.3, 0.4) is 0 Å². The van der Waals surface area contributed by atoms with Gasteiger partial charge in [0.25, 0.3) is 0 Å². The van der Waals surface area contributed by atoms with Gasteiger partial charge in [0.05, 0.1) is 0 Å². The highest BCUT2D eigenvalue weighted by Crippen LogP contribution is 2.17. The molecule has 2 aromatic heterocycles. The third kappa shape index (κ3) is 3.29. The molecule has 0 fully saturated rings. The summed E-state index contributed by atoms with van der Waals surface area (Å²) in [5, 5.41) is 1.95. The van der Waals surface area contributed by atoms with Crippen LogP contribution >= 0.6 is 22.9 Å². The van der Waals surface area contributed by atoms with Crippen molar-refractivity contribution in [3.05, 3.63) is 45.9 Å². The minimum Gasteiger partial charge on any atom is -0.243 e. The molecule has 7 heteroatoms. The SMILES string of the molecule is O=S(=O)(NCCc1cccs1)c1cccnc1Cl. The first-order valence-electron chi connectivity index (χ1n) is 5.22. The molecule has 96 valence electrons. The molecule has 0 amide bonds. The smallest absolute Gasteiger partial charge is 0.243 e. The number of rotatable bonds is 5. The van der Waals surface area contributed by atoms with Crippen molar-refractivity contribution in [1.29, 1.82) is 0 Å². The van der Waals surface area contributed by atoms with Crippen molar-refractivity contribution >= 4 is 33.0 Å². The molecule has 2 aromatic rings. The summed E-state index contributed by atoms with van der Waals surface area (Å²) in [6.45, 7) is 0.341. The number of halogens is 1. The van der Waals surface area contributed by atoms with E-state index in [0.29, 0.717) is 13.0 Å².